The monoisotopic (exact) mass is 231 g/mol. The summed E-state index contributed by atoms with van der Waals surface area (Å²) in [5, 5.41) is 10.8. The van der Waals surface area contributed by atoms with E-state index in [1.807, 2.05) is 36.4 Å². The molecular weight excluding hydrogens is 222 g/mol. The van der Waals surface area contributed by atoms with Crippen LogP contribution in [0, 0.1) is 10.1 Å². The van der Waals surface area contributed by atoms with E-state index in [9.17, 15) is 10.1 Å². The Morgan fingerprint density at radius 2 is 1.69 bits per heavy atom. The molecule has 2 rings (SSSR count). The molecule has 16 heavy (non-hydrogen) atoms. The molecule has 0 amide bonds. The Morgan fingerprint density at radius 3 is 2.31 bits per heavy atom. The van der Waals surface area contributed by atoms with Gasteiger partial charge in [0.25, 0.3) is 5.69 Å². The second kappa shape index (κ2) is 4.37. The van der Waals surface area contributed by atoms with Crippen molar-refractivity contribution in [1.82, 2.24) is 0 Å². The van der Waals surface area contributed by atoms with Gasteiger partial charge in [-0.15, -0.1) is 12.6 Å². The van der Waals surface area contributed by atoms with E-state index in [1.165, 1.54) is 6.07 Å². The lowest BCUT2D eigenvalue weighted by Gasteiger charge is -2.02. The first-order valence-corrected chi connectivity index (χ1v) is 5.16. The van der Waals surface area contributed by atoms with Gasteiger partial charge in [0.15, 0.2) is 0 Å². The molecule has 0 aliphatic rings. The number of nitrogens with zero attached hydrogens (tertiary/aromatic N) is 1. The largest absolute Gasteiger partial charge is 0.283 e. The van der Waals surface area contributed by atoms with Crippen molar-refractivity contribution in [1.29, 1.82) is 0 Å². The normalized spacial score (nSPS) is 10.1. The maximum atomic E-state index is 10.8. The number of rotatable bonds is 2. The molecule has 4 heteroatoms. The van der Waals surface area contributed by atoms with Crippen molar-refractivity contribution in [2.75, 3.05) is 0 Å². The fourth-order valence-electron chi connectivity index (χ4n) is 1.48. The van der Waals surface area contributed by atoms with Crippen LogP contribution in [0.15, 0.2) is 53.4 Å². The molecule has 2 aromatic carbocycles. The summed E-state index contributed by atoms with van der Waals surface area (Å²) in [7, 11) is 0. The molecule has 3 nitrogen and oxygen atoms in total. The molecule has 0 saturated heterocycles. The predicted molar refractivity (Wildman–Crippen MR) is 65.8 cm³/mol. The van der Waals surface area contributed by atoms with E-state index in [4.69, 9.17) is 0 Å². The van der Waals surface area contributed by atoms with Gasteiger partial charge in [-0.2, -0.15) is 0 Å². The minimum atomic E-state index is -0.422. The smallest absolute Gasteiger partial charge is 0.258 e. The van der Waals surface area contributed by atoms with Crippen LogP contribution in [0.3, 0.4) is 0 Å². The Kier molecular flexibility index (Phi) is 2.92. The van der Waals surface area contributed by atoms with E-state index in [-0.39, 0.29) is 5.69 Å². The van der Waals surface area contributed by atoms with Gasteiger partial charge >= 0.3 is 0 Å². The molecule has 0 bridgehead atoms. The van der Waals surface area contributed by atoms with Gasteiger partial charge < -0.3 is 0 Å². The molecule has 0 aliphatic heterocycles. The molecule has 0 spiro atoms. The molecule has 0 N–H and O–H groups in total. The molecule has 0 aliphatic carbocycles. The lowest BCUT2D eigenvalue weighted by atomic mass is 10.1. The fourth-order valence-corrected chi connectivity index (χ4v) is 1.70. The lowest BCUT2D eigenvalue weighted by molar-refractivity contribution is -0.387. The first-order chi connectivity index (χ1) is 7.68. The Hall–Kier alpha value is -1.81. The first kappa shape index (κ1) is 10.7. The molecule has 0 saturated carbocycles. The molecule has 0 unspecified atom stereocenters. The van der Waals surface area contributed by atoms with Crippen molar-refractivity contribution < 1.29 is 4.92 Å². The molecule has 0 heterocycles. The van der Waals surface area contributed by atoms with Crippen LogP contribution in [0.5, 0.6) is 0 Å². The zero-order chi connectivity index (χ0) is 11.5. The Morgan fingerprint density at radius 1 is 1.00 bits per heavy atom. The summed E-state index contributed by atoms with van der Waals surface area (Å²) in [6.07, 6.45) is 0. The summed E-state index contributed by atoms with van der Waals surface area (Å²) in [5.74, 6) is 0. The maximum Gasteiger partial charge on any atom is 0.283 e. The summed E-state index contributed by atoms with van der Waals surface area (Å²) in [6.45, 7) is 0. The Balaban J connectivity index is 2.52. The highest BCUT2D eigenvalue weighted by atomic mass is 32.1. The van der Waals surface area contributed by atoms with Crippen LogP contribution >= 0.6 is 12.6 Å². The average Bonchev–Trinajstić information content (AvgIpc) is 2.30. The van der Waals surface area contributed by atoms with Gasteiger partial charge in [0.05, 0.1) is 9.82 Å². The molecule has 0 fully saturated rings. The number of nitro groups is 1. The fraction of sp³-hybridized carbons (Fsp3) is 0. The van der Waals surface area contributed by atoms with Crippen molar-refractivity contribution in [2.24, 2.45) is 0 Å². The van der Waals surface area contributed by atoms with E-state index in [2.05, 4.69) is 12.6 Å². The summed E-state index contributed by atoms with van der Waals surface area (Å²) in [5.41, 5.74) is 1.81. The van der Waals surface area contributed by atoms with Gasteiger partial charge in [-0.05, 0) is 17.2 Å². The highest BCUT2D eigenvalue weighted by Crippen LogP contribution is 2.28. The van der Waals surface area contributed by atoms with Gasteiger partial charge in [-0.3, -0.25) is 10.1 Å². The topological polar surface area (TPSA) is 43.1 Å². The van der Waals surface area contributed by atoms with Crippen molar-refractivity contribution in [3.63, 3.8) is 0 Å². The third-order valence-corrected chi connectivity index (χ3v) is 2.66. The van der Waals surface area contributed by atoms with Gasteiger partial charge in [0, 0.05) is 6.07 Å². The van der Waals surface area contributed by atoms with Gasteiger partial charge in [-0.25, -0.2) is 0 Å². The van der Waals surface area contributed by atoms with Crippen LogP contribution in [0.25, 0.3) is 11.1 Å². The predicted octanol–water partition coefficient (Wildman–Crippen LogP) is 3.55. The first-order valence-electron chi connectivity index (χ1n) is 4.71. The van der Waals surface area contributed by atoms with Crippen molar-refractivity contribution in [3.8, 4) is 11.1 Å². The third-order valence-electron chi connectivity index (χ3n) is 2.28. The summed E-state index contributed by atoms with van der Waals surface area (Å²) in [6, 6.07) is 14.5. The maximum absolute atomic E-state index is 10.8. The van der Waals surface area contributed by atoms with Gasteiger partial charge in [-0.1, -0.05) is 36.4 Å². The van der Waals surface area contributed by atoms with Crippen LogP contribution in [0.1, 0.15) is 0 Å². The number of hydrogen-bond donors (Lipinski definition) is 1. The lowest BCUT2D eigenvalue weighted by Crippen LogP contribution is -1.90. The Bertz CT molecular complexity index is 526. The van der Waals surface area contributed by atoms with Crippen LogP contribution < -0.4 is 0 Å². The standard InChI is InChI=1S/C12H9NO2S/c14-13(15)11-8-10(6-7-12(11)16)9-4-2-1-3-5-9/h1-8,16H. The van der Waals surface area contributed by atoms with Crippen LogP contribution in [-0.2, 0) is 0 Å². The highest BCUT2D eigenvalue weighted by Gasteiger charge is 2.12. The third kappa shape index (κ3) is 2.06. The van der Waals surface area contributed by atoms with Crippen LogP contribution in [0.4, 0.5) is 5.69 Å². The highest BCUT2D eigenvalue weighted by molar-refractivity contribution is 7.80. The number of thiol groups is 1. The SMILES string of the molecule is O=[N+]([O-])c1cc(-c2ccccc2)ccc1S. The summed E-state index contributed by atoms with van der Waals surface area (Å²) in [4.78, 5) is 10.7. The van der Waals surface area contributed by atoms with Gasteiger partial charge in [0.2, 0.25) is 0 Å². The molecule has 0 radical (unpaired) electrons. The van der Waals surface area contributed by atoms with E-state index in [0.29, 0.717) is 4.90 Å². The summed E-state index contributed by atoms with van der Waals surface area (Å²) >= 11 is 4.06. The minimum absolute atomic E-state index is 0.0321. The van der Waals surface area contributed by atoms with Crippen LogP contribution in [-0.4, -0.2) is 4.92 Å². The van der Waals surface area contributed by atoms with E-state index in [1.54, 1.807) is 6.07 Å². The molecule has 0 aromatic heterocycles. The van der Waals surface area contributed by atoms with E-state index < -0.39 is 4.92 Å². The molecule has 2 aromatic rings. The number of benzene rings is 2. The second-order valence-electron chi connectivity index (χ2n) is 3.33. The van der Waals surface area contributed by atoms with Crippen molar-refractivity contribution >= 4 is 18.3 Å². The van der Waals surface area contributed by atoms with E-state index >= 15 is 0 Å². The van der Waals surface area contributed by atoms with Crippen molar-refractivity contribution in [2.45, 2.75) is 4.90 Å². The molecular formula is C12H9NO2S. The molecule has 80 valence electrons. The Labute approximate surface area is 98.3 Å². The zero-order valence-corrected chi connectivity index (χ0v) is 9.22. The van der Waals surface area contributed by atoms with E-state index in [0.717, 1.165) is 11.1 Å². The van der Waals surface area contributed by atoms with Gasteiger partial charge in [0.1, 0.15) is 0 Å². The summed E-state index contributed by atoms with van der Waals surface area (Å²) < 4.78 is 0. The second-order valence-corrected chi connectivity index (χ2v) is 3.81. The number of hydrogen-bond acceptors (Lipinski definition) is 3. The molecule has 0 atom stereocenters. The van der Waals surface area contributed by atoms with Crippen LogP contribution in [0.2, 0.25) is 0 Å². The average molecular weight is 231 g/mol. The zero-order valence-electron chi connectivity index (χ0n) is 8.33. The number of nitro benzene ring substituents is 1. The quantitative estimate of drug-likeness (QED) is 0.488. The minimum Gasteiger partial charge on any atom is -0.258 e. The van der Waals surface area contributed by atoms with Crippen molar-refractivity contribution in [3.05, 3.63) is 58.6 Å².